The van der Waals surface area contributed by atoms with Crippen molar-refractivity contribution in [3.63, 3.8) is 0 Å². The molecule has 1 rings (SSSR count). The van der Waals surface area contributed by atoms with E-state index in [1.807, 2.05) is 0 Å². The minimum atomic E-state index is -3.86. The average molecular weight is 303 g/mol. The molecule has 0 heterocycles. The molecular formula is C12H14FNO5S. The molecule has 0 aliphatic rings. The third-order valence-corrected chi connectivity index (χ3v) is 4.18. The first kappa shape index (κ1) is 16.1. The SMILES string of the molecule is COC(=O)C(CS(=O)(=O)c1ccc(F)cc1)NC(C)=O. The van der Waals surface area contributed by atoms with Crippen LogP contribution in [0.15, 0.2) is 29.2 Å². The molecule has 6 nitrogen and oxygen atoms in total. The van der Waals surface area contributed by atoms with Crippen LogP contribution in [0.2, 0.25) is 0 Å². The van der Waals surface area contributed by atoms with E-state index in [2.05, 4.69) is 10.1 Å². The highest BCUT2D eigenvalue weighted by atomic mass is 32.2. The molecule has 1 N–H and O–H groups in total. The summed E-state index contributed by atoms with van der Waals surface area (Å²) < 4.78 is 41.4. The highest BCUT2D eigenvalue weighted by Gasteiger charge is 2.28. The third-order valence-electron chi connectivity index (χ3n) is 2.42. The predicted molar refractivity (Wildman–Crippen MR) is 68.1 cm³/mol. The van der Waals surface area contributed by atoms with Crippen molar-refractivity contribution in [3.05, 3.63) is 30.1 Å². The summed E-state index contributed by atoms with van der Waals surface area (Å²) in [7, 11) is -2.77. The summed E-state index contributed by atoms with van der Waals surface area (Å²) in [5.41, 5.74) is 0. The number of halogens is 1. The van der Waals surface area contributed by atoms with Gasteiger partial charge in [-0.1, -0.05) is 0 Å². The molecule has 1 aromatic rings. The fourth-order valence-corrected chi connectivity index (χ4v) is 2.92. The molecule has 1 unspecified atom stereocenters. The van der Waals surface area contributed by atoms with E-state index in [4.69, 9.17) is 0 Å². The van der Waals surface area contributed by atoms with Crippen LogP contribution in [-0.2, 0) is 24.2 Å². The van der Waals surface area contributed by atoms with Crippen molar-refractivity contribution >= 4 is 21.7 Å². The van der Waals surface area contributed by atoms with Crippen LogP contribution in [0.5, 0.6) is 0 Å². The molecule has 0 aromatic heterocycles. The largest absolute Gasteiger partial charge is 0.467 e. The maximum absolute atomic E-state index is 12.8. The Labute approximate surface area is 115 Å². The van der Waals surface area contributed by atoms with Gasteiger partial charge >= 0.3 is 5.97 Å². The second kappa shape index (κ2) is 6.47. The Balaban J connectivity index is 2.99. The number of hydrogen-bond acceptors (Lipinski definition) is 5. The number of carbonyl (C=O) groups excluding carboxylic acids is 2. The van der Waals surface area contributed by atoms with Crippen molar-refractivity contribution in [2.45, 2.75) is 17.9 Å². The predicted octanol–water partition coefficient (Wildman–Crippen LogP) is 0.277. The molecule has 0 bridgehead atoms. The summed E-state index contributed by atoms with van der Waals surface area (Å²) >= 11 is 0. The second-order valence-electron chi connectivity index (χ2n) is 4.01. The van der Waals surface area contributed by atoms with Crippen LogP contribution in [-0.4, -0.2) is 39.2 Å². The maximum atomic E-state index is 12.8. The molecule has 1 atom stereocenters. The Bertz CT molecular complexity index is 597. The zero-order chi connectivity index (χ0) is 15.3. The van der Waals surface area contributed by atoms with Crippen molar-refractivity contribution in [3.8, 4) is 0 Å². The molecule has 0 fully saturated rings. The Hall–Kier alpha value is -1.96. The lowest BCUT2D eigenvalue weighted by Crippen LogP contribution is -2.45. The lowest BCUT2D eigenvalue weighted by Gasteiger charge is -2.15. The highest BCUT2D eigenvalue weighted by Crippen LogP contribution is 2.13. The highest BCUT2D eigenvalue weighted by molar-refractivity contribution is 7.91. The van der Waals surface area contributed by atoms with Gasteiger partial charge in [-0.3, -0.25) is 4.79 Å². The summed E-state index contributed by atoms with van der Waals surface area (Å²) in [6.45, 7) is 1.15. The summed E-state index contributed by atoms with van der Waals surface area (Å²) in [4.78, 5) is 22.3. The molecule has 110 valence electrons. The number of benzene rings is 1. The van der Waals surface area contributed by atoms with Crippen LogP contribution < -0.4 is 5.32 Å². The lowest BCUT2D eigenvalue weighted by atomic mass is 10.3. The number of nitrogens with one attached hydrogen (secondary N) is 1. The summed E-state index contributed by atoms with van der Waals surface area (Å²) in [5, 5.41) is 2.20. The first-order valence-corrected chi connectivity index (χ1v) is 7.24. The van der Waals surface area contributed by atoms with E-state index in [0.29, 0.717) is 0 Å². The molecule has 1 aromatic carbocycles. The third kappa shape index (κ3) is 4.30. The van der Waals surface area contributed by atoms with E-state index in [1.165, 1.54) is 0 Å². The standard InChI is InChI=1S/C12H14FNO5S/c1-8(15)14-11(12(16)19-2)7-20(17,18)10-5-3-9(13)4-6-10/h3-6,11H,7H2,1-2H3,(H,14,15). The first-order valence-electron chi connectivity index (χ1n) is 5.59. The van der Waals surface area contributed by atoms with Gasteiger partial charge in [0, 0.05) is 6.92 Å². The van der Waals surface area contributed by atoms with Gasteiger partial charge in [-0.05, 0) is 24.3 Å². The van der Waals surface area contributed by atoms with E-state index < -0.39 is 39.3 Å². The van der Waals surface area contributed by atoms with Crippen LogP contribution in [0, 0.1) is 5.82 Å². The van der Waals surface area contributed by atoms with Gasteiger partial charge in [0.15, 0.2) is 9.84 Å². The minimum Gasteiger partial charge on any atom is -0.467 e. The van der Waals surface area contributed by atoms with E-state index in [0.717, 1.165) is 38.3 Å². The number of esters is 1. The lowest BCUT2D eigenvalue weighted by molar-refractivity contribution is -0.144. The summed E-state index contributed by atoms with van der Waals surface area (Å²) in [5.74, 6) is -2.67. The van der Waals surface area contributed by atoms with Crippen molar-refractivity contribution in [2.24, 2.45) is 0 Å². The van der Waals surface area contributed by atoms with Crippen molar-refractivity contribution in [1.82, 2.24) is 5.32 Å². The van der Waals surface area contributed by atoms with Crippen molar-refractivity contribution in [1.29, 1.82) is 0 Å². The molecule has 0 radical (unpaired) electrons. The fraction of sp³-hybridized carbons (Fsp3) is 0.333. The van der Waals surface area contributed by atoms with Crippen molar-refractivity contribution in [2.75, 3.05) is 12.9 Å². The van der Waals surface area contributed by atoms with Gasteiger partial charge in [-0.2, -0.15) is 0 Å². The number of ether oxygens (including phenoxy) is 1. The smallest absolute Gasteiger partial charge is 0.329 e. The van der Waals surface area contributed by atoms with Crippen LogP contribution in [0.1, 0.15) is 6.92 Å². The minimum absolute atomic E-state index is 0.141. The zero-order valence-corrected chi connectivity index (χ0v) is 11.7. The number of methoxy groups -OCH3 is 1. The van der Waals surface area contributed by atoms with Crippen LogP contribution in [0.3, 0.4) is 0 Å². The Morgan fingerprint density at radius 1 is 1.30 bits per heavy atom. The normalized spacial score (nSPS) is 12.6. The van der Waals surface area contributed by atoms with E-state index in [9.17, 15) is 22.4 Å². The van der Waals surface area contributed by atoms with Gasteiger partial charge in [-0.15, -0.1) is 0 Å². The van der Waals surface area contributed by atoms with Crippen LogP contribution in [0.4, 0.5) is 4.39 Å². The molecule has 0 saturated heterocycles. The number of hydrogen-bond donors (Lipinski definition) is 1. The molecule has 0 spiro atoms. The Morgan fingerprint density at radius 3 is 2.30 bits per heavy atom. The number of rotatable bonds is 5. The van der Waals surface area contributed by atoms with E-state index in [-0.39, 0.29) is 4.90 Å². The van der Waals surface area contributed by atoms with Gasteiger partial charge in [0.05, 0.1) is 17.8 Å². The zero-order valence-electron chi connectivity index (χ0n) is 10.9. The quantitative estimate of drug-likeness (QED) is 0.623. The number of carbonyl (C=O) groups is 2. The average Bonchev–Trinajstić information content (AvgIpc) is 2.36. The molecular weight excluding hydrogens is 289 g/mol. The van der Waals surface area contributed by atoms with E-state index in [1.54, 1.807) is 0 Å². The topological polar surface area (TPSA) is 89.5 Å². The van der Waals surface area contributed by atoms with Gasteiger partial charge in [0.25, 0.3) is 0 Å². The molecule has 20 heavy (non-hydrogen) atoms. The maximum Gasteiger partial charge on any atom is 0.329 e. The van der Waals surface area contributed by atoms with Gasteiger partial charge in [0.2, 0.25) is 5.91 Å². The fourth-order valence-electron chi connectivity index (χ4n) is 1.51. The van der Waals surface area contributed by atoms with Crippen molar-refractivity contribution < 1.29 is 27.1 Å². The van der Waals surface area contributed by atoms with Gasteiger partial charge in [0.1, 0.15) is 11.9 Å². The number of sulfone groups is 1. The van der Waals surface area contributed by atoms with E-state index >= 15 is 0 Å². The molecule has 1 amide bonds. The molecule has 0 aliphatic heterocycles. The Morgan fingerprint density at radius 2 is 1.85 bits per heavy atom. The molecule has 0 saturated carbocycles. The Kier molecular flexibility index (Phi) is 5.20. The summed E-state index contributed by atoms with van der Waals surface area (Å²) in [6, 6.07) is 2.86. The molecule has 8 heteroatoms. The van der Waals surface area contributed by atoms with Crippen LogP contribution in [0.25, 0.3) is 0 Å². The monoisotopic (exact) mass is 303 g/mol. The van der Waals surface area contributed by atoms with Gasteiger partial charge in [-0.25, -0.2) is 17.6 Å². The number of amides is 1. The second-order valence-corrected chi connectivity index (χ2v) is 6.05. The van der Waals surface area contributed by atoms with Crippen LogP contribution >= 0.6 is 0 Å². The first-order chi connectivity index (χ1) is 9.26. The summed E-state index contributed by atoms with van der Waals surface area (Å²) in [6.07, 6.45) is 0. The molecule has 0 aliphatic carbocycles. The van der Waals surface area contributed by atoms with Gasteiger partial charge < -0.3 is 10.1 Å².